The number of amides is 2. The standard InChI is InChI=1S/C25H27N3O4S2/c1-34(31,32)22-9-8-21(33-22)24(30)28-17-12-25(18-28)10-15-27(16-11-25)23(29)19-6-2-3-7-20(19)26-13-4-5-14-26/h2-9,13-14H,10-12,15-18H2,1H3. The number of hydrogen-bond acceptors (Lipinski definition) is 5. The fourth-order valence-corrected chi connectivity index (χ4v) is 6.93. The molecule has 1 aromatic carbocycles. The average molecular weight is 498 g/mol. The first-order chi connectivity index (χ1) is 16.3. The van der Waals surface area contributed by atoms with Gasteiger partial charge in [-0.1, -0.05) is 12.1 Å². The van der Waals surface area contributed by atoms with Crippen molar-refractivity contribution in [2.75, 3.05) is 32.4 Å². The van der Waals surface area contributed by atoms with Crippen molar-refractivity contribution < 1.29 is 18.0 Å². The topological polar surface area (TPSA) is 79.7 Å². The van der Waals surface area contributed by atoms with Crippen LogP contribution in [0.2, 0.25) is 0 Å². The maximum Gasteiger partial charge on any atom is 0.263 e. The van der Waals surface area contributed by atoms with Crippen LogP contribution in [0.1, 0.15) is 39.3 Å². The highest BCUT2D eigenvalue weighted by atomic mass is 32.2. The smallest absolute Gasteiger partial charge is 0.263 e. The average Bonchev–Trinajstić information content (AvgIpc) is 3.60. The van der Waals surface area contributed by atoms with Crippen LogP contribution in [-0.4, -0.2) is 67.0 Å². The molecule has 0 saturated carbocycles. The Bertz CT molecular complexity index is 1320. The van der Waals surface area contributed by atoms with Crippen molar-refractivity contribution in [1.82, 2.24) is 14.4 Å². The van der Waals surface area contributed by atoms with Gasteiger partial charge in [-0.05, 0) is 61.1 Å². The van der Waals surface area contributed by atoms with Crippen molar-refractivity contribution >= 4 is 33.0 Å². The van der Waals surface area contributed by atoms with Gasteiger partial charge < -0.3 is 14.4 Å². The number of benzene rings is 1. The van der Waals surface area contributed by atoms with Gasteiger partial charge in [0.2, 0.25) is 0 Å². The van der Waals surface area contributed by atoms with Gasteiger partial charge >= 0.3 is 0 Å². The number of likely N-dealkylation sites (tertiary alicyclic amines) is 2. The highest BCUT2D eigenvalue weighted by Crippen LogP contribution is 2.41. The van der Waals surface area contributed by atoms with Crippen molar-refractivity contribution in [2.45, 2.75) is 23.5 Å². The Morgan fingerprint density at radius 3 is 2.15 bits per heavy atom. The molecule has 4 heterocycles. The summed E-state index contributed by atoms with van der Waals surface area (Å²) >= 11 is 1.04. The highest BCUT2D eigenvalue weighted by molar-refractivity contribution is 7.92. The van der Waals surface area contributed by atoms with E-state index in [-0.39, 0.29) is 21.4 Å². The Kier molecular flexibility index (Phi) is 5.85. The number of hydrogen-bond donors (Lipinski definition) is 0. The van der Waals surface area contributed by atoms with Crippen LogP contribution < -0.4 is 0 Å². The molecule has 2 saturated heterocycles. The maximum absolute atomic E-state index is 13.4. The molecule has 0 unspecified atom stereocenters. The summed E-state index contributed by atoms with van der Waals surface area (Å²) in [5, 5.41) is 0. The van der Waals surface area contributed by atoms with Gasteiger partial charge in [0, 0.05) is 44.8 Å². The molecule has 2 amide bonds. The third kappa shape index (κ3) is 4.30. The van der Waals surface area contributed by atoms with Crippen molar-refractivity contribution in [1.29, 1.82) is 0 Å². The van der Waals surface area contributed by atoms with Crippen LogP contribution in [-0.2, 0) is 9.84 Å². The minimum absolute atomic E-state index is 0.0172. The number of rotatable bonds is 4. The number of piperidine rings is 1. The lowest BCUT2D eigenvalue weighted by Gasteiger charge is -2.39. The molecule has 5 rings (SSSR count). The van der Waals surface area contributed by atoms with Gasteiger partial charge in [0.1, 0.15) is 4.21 Å². The quantitative estimate of drug-likeness (QED) is 0.550. The summed E-state index contributed by atoms with van der Waals surface area (Å²) in [5.74, 6) is -0.0621. The zero-order chi connectivity index (χ0) is 23.9. The van der Waals surface area contributed by atoms with Crippen LogP contribution in [0.25, 0.3) is 5.69 Å². The number of thiophene rings is 1. The summed E-state index contributed by atoms with van der Waals surface area (Å²) in [6.07, 6.45) is 7.65. The first kappa shape index (κ1) is 22.9. The van der Waals surface area contributed by atoms with E-state index in [1.807, 2.05) is 63.2 Å². The summed E-state index contributed by atoms with van der Waals surface area (Å²) in [6, 6.07) is 14.7. The summed E-state index contributed by atoms with van der Waals surface area (Å²) < 4.78 is 25.7. The van der Waals surface area contributed by atoms with Gasteiger partial charge in [0.15, 0.2) is 9.84 Å². The third-order valence-electron chi connectivity index (χ3n) is 7.01. The fraction of sp³-hybridized carbons (Fsp3) is 0.360. The Balaban J connectivity index is 1.24. The third-order valence-corrected chi connectivity index (χ3v) is 9.90. The Morgan fingerprint density at radius 1 is 0.853 bits per heavy atom. The molecule has 0 atom stereocenters. The second-order valence-electron chi connectivity index (χ2n) is 9.27. The predicted molar refractivity (Wildman–Crippen MR) is 131 cm³/mol. The van der Waals surface area contributed by atoms with E-state index in [4.69, 9.17) is 0 Å². The van der Waals surface area contributed by atoms with Gasteiger partial charge in [-0.25, -0.2) is 8.42 Å². The second kappa shape index (κ2) is 8.70. The SMILES string of the molecule is CS(=O)(=O)c1ccc(C(=O)N2CCC3(CCN(C(=O)c4ccccc4-n4cccc4)CC3)C2)s1. The van der Waals surface area contributed by atoms with Crippen LogP contribution >= 0.6 is 11.3 Å². The first-order valence-electron chi connectivity index (χ1n) is 11.4. The van der Waals surface area contributed by atoms with E-state index >= 15 is 0 Å². The molecule has 9 heteroatoms. The number of para-hydroxylation sites is 1. The molecular formula is C25H27N3O4S2. The molecule has 1 spiro atoms. The molecule has 0 aliphatic carbocycles. The zero-order valence-electron chi connectivity index (χ0n) is 19.0. The second-order valence-corrected chi connectivity index (χ2v) is 12.6. The number of aromatic nitrogens is 1. The lowest BCUT2D eigenvalue weighted by atomic mass is 9.77. The highest BCUT2D eigenvalue weighted by Gasteiger charge is 2.43. The van der Waals surface area contributed by atoms with E-state index in [0.717, 1.165) is 42.5 Å². The van der Waals surface area contributed by atoms with Gasteiger partial charge in [0.05, 0.1) is 16.1 Å². The number of nitrogens with zero attached hydrogens (tertiary/aromatic N) is 3. The Morgan fingerprint density at radius 2 is 1.50 bits per heavy atom. The van der Waals surface area contributed by atoms with Crippen molar-refractivity contribution in [3.05, 3.63) is 71.4 Å². The Labute approximate surface area is 203 Å². The molecule has 0 radical (unpaired) electrons. The van der Waals surface area contributed by atoms with Crippen molar-refractivity contribution in [3.8, 4) is 5.69 Å². The lowest BCUT2D eigenvalue weighted by molar-refractivity contribution is 0.0566. The van der Waals surface area contributed by atoms with E-state index in [0.29, 0.717) is 36.6 Å². The van der Waals surface area contributed by atoms with E-state index in [2.05, 4.69) is 0 Å². The molecular weight excluding hydrogens is 470 g/mol. The molecule has 2 fully saturated rings. The van der Waals surface area contributed by atoms with Gasteiger partial charge in [-0.2, -0.15) is 0 Å². The van der Waals surface area contributed by atoms with Gasteiger partial charge in [-0.3, -0.25) is 9.59 Å². The van der Waals surface area contributed by atoms with Crippen molar-refractivity contribution in [3.63, 3.8) is 0 Å². The fourth-order valence-electron chi connectivity index (χ4n) is 5.04. The summed E-state index contributed by atoms with van der Waals surface area (Å²) in [5.41, 5.74) is 1.58. The molecule has 2 aliphatic rings. The monoisotopic (exact) mass is 497 g/mol. The van der Waals surface area contributed by atoms with E-state index in [1.54, 1.807) is 6.07 Å². The van der Waals surface area contributed by atoms with Gasteiger partial charge in [0.25, 0.3) is 11.8 Å². The van der Waals surface area contributed by atoms with Crippen LogP contribution in [0.5, 0.6) is 0 Å². The molecule has 178 valence electrons. The van der Waals surface area contributed by atoms with Crippen LogP contribution in [0, 0.1) is 5.41 Å². The number of sulfone groups is 1. The zero-order valence-corrected chi connectivity index (χ0v) is 20.6. The normalized spacial score (nSPS) is 17.9. The van der Waals surface area contributed by atoms with E-state index < -0.39 is 9.84 Å². The number of carbonyl (C=O) groups excluding carboxylic acids is 2. The minimum Gasteiger partial charge on any atom is -0.339 e. The summed E-state index contributed by atoms with van der Waals surface area (Å²) in [7, 11) is -3.31. The summed E-state index contributed by atoms with van der Waals surface area (Å²) in [4.78, 5) is 30.6. The molecule has 2 aliphatic heterocycles. The molecule has 34 heavy (non-hydrogen) atoms. The van der Waals surface area contributed by atoms with E-state index in [1.165, 1.54) is 6.07 Å². The van der Waals surface area contributed by atoms with Crippen LogP contribution in [0.3, 0.4) is 0 Å². The molecule has 3 aromatic rings. The lowest BCUT2D eigenvalue weighted by Crippen LogP contribution is -2.44. The molecule has 2 aromatic heterocycles. The minimum atomic E-state index is -3.31. The first-order valence-corrected chi connectivity index (χ1v) is 14.1. The molecule has 7 nitrogen and oxygen atoms in total. The van der Waals surface area contributed by atoms with Crippen LogP contribution in [0.15, 0.2) is 65.1 Å². The maximum atomic E-state index is 13.4. The predicted octanol–water partition coefficient (Wildman–Crippen LogP) is 3.71. The number of carbonyl (C=O) groups is 2. The van der Waals surface area contributed by atoms with Crippen molar-refractivity contribution in [2.24, 2.45) is 5.41 Å². The Hall–Kier alpha value is -2.91. The van der Waals surface area contributed by atoms with Gasteiger partial charge in [-0.15, -0.1) is 11.3 Å². The summed E-state index contributed by atoms with van der Waals surface area (Å²) in [6.45, 7) is 2.64. The molecule has 0 N–H and O–H groups in total. The largest absolute Gasteiger partial charge is 0.339 e. The van der Waals surface area contributed by atoms with E-state index in [9.17, 15) is 18.0 Å². The molecule has 0 bridgehead atoms. The van der Waals surface area contributed by atoms with Crippen LogP contribution in [0.4, 0.5) is 0 Å².